The molecule has 0 heterocycles. The molecule has 0 radical (unpaired) electrons. The standard InChI is InChI=1S/C14H15ClO2/c1-2-17-14(16)9-10-6-7-12-11(8-10)4-3-5-13(12)15/h3-5,8H,2,6-7,9H2,1H3. The fourth-order valence-electron chi connectivity index (χ4n) is 2.09. The number of esters is 1. The van der Waals surface area contributed by atoms with Gasteiger partial charge in [0.25, 0.3) is 0 Å². The van der Waals surface area contributed by atoms with Crippen molar-refractivity contribution >= 4 is 23.6 Å². The van der Waals surface area contributed by atoms with Gasteiger partial charge in [-0.3, -0.25) is 4.79 Å². The number of carbonyl (C=O) groups excluding carboxylic acids is 1. The number of benzene rings is 1. The second-order valence-electron chi connectivity index (χ2n) is 4.09. The average molecular weight is 251 g/mol. The molecule has 3 heteroatoms. The zero-order valence-electron chi connectivity index (χ0n) is 9.83. The Morgan fingerprint density at radius 1 is 1.41 bits per heavy atom. The van der Waals surface area contributed by atoms with E-state index in [-0.39, 0.29) is 5.97 Å². The van der Waals surface area contributed by atoms with Crippen LogP contribution in [0, 0.1) is 0 Å². The van der Waals surface area contributed by atoms with E-state index in [0.29, 0.717) is 13.0 Å². The van der Waals surface area contributed by atoms with E-state index in [9.17, 15) is 4.79 Å². The van der Waals surface area contributed by atoms with Gasteiger partial charge in [-0.15, -0.1) is 0 Å². The van der Waals surface area contributed by atoms with E-state index in [4.69, 9.17) is 16.3 Å². The second kappa shape index (κ2) is 5.37. The van der Waals surface area contributed by atoms with Gasteiger partial charge in [-0.1, -0.05) is 35.4 Å². The first kappa shape index (κ1) is 12.2. The molecule has 2 nitrogen and oxygen atoms in total. The minimum atomic E-state index is -0.149. The van der Waals surface area contributed by atoms with Gasteiger partial charge >= 0.3 is 5.97 Å². The Morgan fingerprint density at radius 2 is 2.24 bits per heavy atom. The molecular formula is C14H15ClO2. The molecule has 0 amide bonds. The lowest BCUT2D eigenvalue weighted by molar-refractivity contribution is -0.142. The topological polar surface area (TPSA) is 26.3 Å². The Labute approximate surface area is 106 Å². The van der Waals surface area contributed by atoms with Crippen LogP contribution in [0.2, 0.25) is 5.02 Å². The summed E-state index contributed by atoms with van der Waals surface area (Å²) >= 11 is 6.12. The minimum absolute atomic E-state index is 0.149. The predicted molar refractivity (Wildman–Crippen MR) is 69.0 cm³/mol. The van der Waals surface area contributed by atoms with Crippen LogP contribution < -0.4 is 0 Å². The summed E-state index contributed by atoms with van der Waals surface area (Å²) in [5.74, 6) is -0.149. The maximum atomic E-state index is 11.4. The van der Waals surface area contributed by atoms with Crippen molar-refractivity contribution in [2.45, 2.75) is 26.2 Å². The highest BCUT2D eigenvalue weighted by atomic mass is 35.5. The van der Waals surface area contributed by atoms with E-state index in [1.165, 1.54) is 5.56 Å². The third kappa shape index (κ3) is 2.89. The highest BCUT2D eigenvalue weighted by molar-refractivity contribution is 6.31. The summed E-state index contributed by atoms with van der Waals surface area (Å²) < 4.78 is 4.95. The number of hydrogen-bond donors (Lipinski definition) is 0. The molecule has 17 heavy (non-hydrogen) atoms. The lowest BCUT2D eigenvalue weighted by Crippen LogP contribution is -2.08. The van der Waals surface area contributed by atoms with Gasteiger partial charge in [0.15, 0.2) is 0 Å². The molecule has 0 fully saturated rings. The third-order valence-corrected chi connectivity index (χ3v) is 3.24. The number of hydrogen-bond acceptors (Lipinski definition) is 2. The fraction of sp³-hybridized carbons (Fsp3) is 0.357. The second-order valence-corrected chi connectivity index (χ2v) is 4.50. The predicted octanol–water partition coefficient (Wildman–Crippen LogP) is 3.62. The monoisotopic (exact) mass is 250 g/mol. The van der Waals surface area contributed by atoms with Crippen molar-refractivity contribution < 1.29 is 9.53 Å². The van der Waals surface area contributed by atoms with Crippen LogP contribution in [0.15, 0.2) is 23.8 Å². The smallest absolute Gasteiger partial charge is 0.309 e. The molecular weight excluding hydrogens is 236 g/mol. The van der Waals surface area contributed by atoms with Crippen molar-refractivity contribution in [1.29, 1.82) is 0 Å². The van der Waals surface area contributed by atoms with Crippen LogP contribution >= 0.6 is 11.6 Å². The maximum absolute atomic E-state index is 11.4. The average Bonchev–Trinajstić information content (AvgIpc) is 2.29. The summed E-state index contributed by atoms with van der Waals surface area (Å²) in [5.41, 5.74) is 3.43. The Morgan fingerprint density at radius 3 is 3.00 bits per heavy atom. The van der Waals surface area contributed by atoms with Gasteiger partial charge in [-0.05, 0) is 37.0 Å². The molecule has 0 N–H and O–H groups in total. The van der Waals surface area contributed by atoms with Crippen LogP contribution in [-0.2, 0) is 16.0 Å². The van der Waals surface area contributed by atoms with Gasteiger partial charge in [0.05, 0.1) is 13.0 Å². The number of halogens is 1. The molecule has 0 atom stereocenters. The van der Waals surface area contributed by atoms with Crippen molar-refractivity contribution in [3.05, 3.63) is 39.9 Å². The van der Waals surface area contributed by atoms with Gasteiger partial charge < -0.3 is 4.74 Å². The lowest BCUT2D eigenvalue weighted by atomic mass is 9.91. The third-order valence-electron chi connectivity index (χ3n) is 2.89. The van der Waals surface area contributed by atoms with Crippen molar-refractivity contribution in [3.63, 3.8) is 0 Å². The Bertz CT molecular complexity index is 463. The van der Waals surface area contributed by atoms with Crippen LogP contribution in [0.1, 0.15) is 30.9 Å². The van der Waals surface area contributed by atoms with Gasteiger partial charge in [-0.2, -0.15) is 0 Å². The van der Waals surface area contributed by atoms with E-state index in [0.717, 1.165) is 29.0 Å². The summed E-state index contributed by atoms with van der Waals surface area (Å²) in [6.07, 6.45) is 4.23. The van der Waals surface area contributed by atoms with E-state index in [2.05, 4.69) is 6.08 Å². The number of carbonyl (C=O) groups is 1. The van der Waals surface area contributed by atoms with Gasteiger partial charge in [0.1, 0.15) is 0 Å². The molecule has 0 unspecified atom stereocenters. The Balaban J connectivity index is 2.15. The first-order valence-corrected chi connectivity index (χ1v) is 6.21. The number of rotatable bonds is 3. The number of fused-ring (bicyclic) bond motifs is 1. The van der Waals surface area contributed by atoms with Crippen molar-refractivity contribution in [3.8, 4) is 0 Å². The first-order valence-electron chi connectivity index (χ1n) is 5.83. The lowest BCUT2D eigenvalue weighted by Gasteiger charge is -2.17. The van der Waals surface area contributed by atoms with Gasteiger partial charge in [0.2, 0.25) is 0 Å². The largest absolute Gasteiger partial charge is 0.466 e. The molecule has 0 saturated heterocycles. The molecule has 0 bridgehead atoms. The summed E-state index contributed by atoms with van der Waals surface area (Å²) in [6.45, 7) is 2.26. The van der Waals surface area contributed by atoms with Crippen LogP contribution in [0.5, 0.6) is 0 Å². The molecule has 1 aromatic rings. The first-order chi connectivity index (χ1) is 8.20. The summed E-state index contributed by atoms with van der Waals surface area (Å²) in [4.78, 5) is 11.4. The Hall–Kier alpha value is -1.28. The maximum Gasteiger partial charge on any atom is 0.309 e. The van der Waals surface area contributed by atoms with E-state index in [1.54, 1.807) is 0 Å². The zero-order valence-corrected chi connectivity index (χ0v) is 10.6. The molecule has 0 aromatic heterocycles. The normalized spacial score (nSPS) is 13.9. The van der Waals surface area contributed by atoms with Crippen molar-refractivity contribution in [2.24, 2.45) is 0 Å². The van der Waals surface area contributed by atoms with Crippen LogP contribution in [0.3, 0.4) is 0 Å². The summed E-state index contributed by atoms with van der Waals surface area (Å²) in [6, 6.07) is 5.88. The minimum Gasteiger partial charge on any atom is -0.466 e. The Kier molecular flexibility index (Phi) is 3.85. The van der Waals surface area contributed by atoms with E-state index < -0.39 is 0 Å². The van der Waals surface area contributed by atoms with Crippen molar-refractivity contribution in [2.75, 3.05) is 6.61 Å². The molecule has 0 saturated carbocycles. The van der Waals surface area contributed by atoms with Crippen LogP contribution in [0.25, 0.3) is 6.08 Å². The molecule has 0 aliphatic heterocycles. The van der Waals surface area contributed by atoms with E-state index >= 15 is 0 Å². The molecule has 0 spiro atoms. The fourth-order valence-corrected chi connectivity index (χ4v) is 2.37. The highest BCUT2D eigenvalue weighted by Crippen LogP contribution is 2.30. The van der Waals surface area contributed by atoms with Gasteiger partial charge in [-0.25, -0.2) is 0 Å². The number of ether oxygens (including phenoxy) is 1. The molecule has 90 valence electrons. The SMILES string of the molecule is CCOC(=O)CC1=Cc2cccc(Cl)c2CC1. The van der Waals surface area contributed by atoms with Crippen molar-refractivity contribution in [1.82, 2.24) is 0 Å². The van der Waals surface area contributed by atoms with Gasteiger partial charge in [0, 0.05) is 5.02 Å². The molecule has 2 rings (SSSR count). The zero-order chi connectivity index (χ0) is 12.3. The van der Waals surface area contributed by atoms with Crippen LogP contribution in [-0.4, -0.2) is 12.6 Å². The summed E-state index contributed by atoms with van der Waals surface area (Å²) in [5, 5.41) is 0.814. The molecule has 1 aromatic carbocycles. The quantitative estimate of drug-likeness (QED) is 0.766. The van der Waals surface area contributed by atoms with E-state index in [1.807, 2.05) is 25.1 Å². The molecule has 1 aliphatic rings. The highest BCUT2D eigenvalue weighted by Gasteiger charge is 2.15. The molecule has 1 aliphatic carbocycles. The van der Waals surface area contributed by atoms with Crippen LogP contribution in [0.4, 0.5) is 0 Å². The summed E-state index contributed by atoms with van der Waals surface area (Å²) in [7, 11) is 0.